The molecule has 0 N–H and O–H groups in total. The van der Waals surface area contributed by atoms with E-state index in [4.69, 9.17) is 4.74 Å². The van der Waals surface area contributed by atoms with Crippen molar-refractivity contribution in [3.05, 3.63) is 42.5 Å². The molecule has 0 unspecified atom stereocenters. The number of ether oxygens (including phenoxy) is 1. The summed E-state index contributed by atoms with van der Waals surface area (Å²) in [6.07, 6.45) is 1.71. The van der Waals surface area contributed by atoms with Crippen LogP contribution in [-0.4, -0.2) is 18.0 Å². The van der Waals surface area contributed by atoms with Crippen molar-refractivity contribution in [3.8, 4) is 5.75 Å². The van der Waals surface area contributed by atoms with E-state index in [0.717, 1.165) is 5.75 Å². The maximum absolute atomic E-state index is 11.5. The third-order valence-corrected chi connectivity index (χ3v) is 2.56. The van der Waals surface area contributed by atoms with Gasteiger partial charge < -0.3 is 4.74 Å². The summed E-state index contributed by atoms with van der Waals surface area (Å²) in [7, 11) is 1.60. The highest BCUT2D eigenvalue weighted by molar-refractivity contribution is 8.14. The summed E-state index contributed by atoms with van der Waals surface area (Å²) in [6, 6.07) is 7.08. The molecule has 0 aliphatic rings. The zero-order valence-electron chi connectivity index (χ0n) is 8.03. The van der Waals surface area contributed by atoms with Crippen LogP contribution in [0.3, 0.4) is 0 Å². The highest BCUT2D eigenvalue weighted by Crippen LogP contribution is 2.16. The van der Waals surface area contributed by atoms with E-state index in [2.05, 4.69) is 6.58 Å². The van der Waals surface area contributed by atoms with Gasteiger partial charge in [-0.25, -0.2) is 0 Å². The van der Waals surface area contributed by atoms with E-state index in [1.807, 2.05) is 0 Å². The Morgan fingerprint density at radius 1 is 1.50 bits per heavy atom. The summed E-state index contributed by atoms with van der Waals surface area (Å²) in [6.45, 7) is 3.56. The number of hydrogen-bond acceptors (Lipinski definition) is 3. The molecule has 0 amide bonds. The molecule has 3 heteroatoms. The Kier molecular flexibility index (Phi) is 4.26. The molecule has 0 saturated heterocycles. The highest BCUT2D eigenvalue weighted by Gasteiger charge is 2.04. The van der Waals surface area contributed by atoms with Gasteiger partial charge in [0.15, 0.2) is 0 Å². The van der Waals surface area contributed by atoms with Crippen LogP contribution in [0.1, 0.15) is 10.4 Å². The van der Waals surface area contributed by atoms with Gasteiger partial charge in [0.1, 0.15) is 5.75 Å². The van der Waals surface area contributed by atoms with Crippen LogP contribution in [0.25, 0.3) is 0 Å². The third-order valence-electron chi connectivity index (χ3n) is 1.66. The second kappa shape index (κ2) is 5.50. The summed E-state index contributed by atoms with van der Waals surface area (Å²) in [5.74, 6) is 1.40. The van der Waals surface area contributed by atoms with E-state index in [9.17, 15) is 4.79 Å². The van der Waals surface area contributed by atoms with Gasteiger partial charge in [-0.2, -0.15) is 0 Å². The maximum Gasteiger partial charge on any atom is 0.219 e. The zero-order chi connectivity index (χ0) is 10.4. The first-order chi connectivity index (χ1) is 6.77. The van der Waals surface area contributed by atoms with Crippen LogP contribution in [-0.2, 0) is 0 Å². The van der Waals surface area contributed by atoms with Crippen LogP contribution in [0, 0.1) is 0 Å². The van der Waals surface area contributed by atoms with Crippen molar-refractivity contribution >= 4 is 16.9 Å². The van der Waals surface area contributed by atoms with Gasteiger partial charge in [-0.15, -0.1) is 6.58 Å². The molecule has 0 heterocycles. The fraction of sp³-hybridized carbons (Fsp3) is 0.182. The second-order valence-corrected chi connectivity index (χ2v) is 3.61. The van der Waals surface area contributed by atoms with Gasteiger partial charge in [0.2, 0.25) is 5.12 Å². The Balaban J connectivity index is 2.66. The summed E-state index contributed by atoms with van der Waals surface area (Å²) in [5.41, 5.74) is 0.692. The summed E-state index contributed by atoms with van der Waals surface area (Å²) in [5, 5.41) is 0.0625. The number of methoxy groups -OCH3 is 1. The topological polar surface area (TPSA) is 26.3 Å². The highest BCUT2D eigenvalue weighted by atomic mass is 32.2. The molecule has 0 aliphatic carbocycles. The molecule has 0 spiro atoms. The summed E-state index contributed by atoms with van der Waals surface area (Å²) in [4.78, 5) is 11.5. The van der Waals surface area contributed by atoms with E-state index in [1.54, 1.807) is 37.5 Å². The minimum Gasteiger partial charge on any atom is -0.497 e. The van der Waals surface area contributed by atoms with Crippen molar-refractivity contribution in [3.63, 3.8) is 0 Å². The lowest BCUT2D eigenvalue weighted by Gasteiger charge is -2.01. The molecule has 0 bridgehead atoms. The molecular formula is C11H12O2S. The smallest absolute Gasteiger partial charge is 0.219 e. The van der Waals surface area contributed by atoms with Crippen molar-refractivity contribution < 1.29 is 9.53 Å². The van der Waals surface area contributed by atoms with Crippen molar-refractivity contribution in [1.29, 1.82) is 0 Å². The molecule has 0 aliphatic heterocycles. The number of benzene rings is 1. The van der Waals surface area contributed by atoms with Gasteiger partial charge in [0.25, 0.3) is 0 Å². The van der Waals surface area contributed by atoms with Gasteiger partial charge in [-0.3, -0.25) is 4.79 Å². The normalized spacial score (nSPS) is 9.50. The Hall–Kier alpha value is -1.22. The van der Waals surface area contributed by atoms with Crippen molar-refractivity contribution in [2.24, 2.45) is 0 Å². The lowest BCUT2D eigenvalue weighted by Crippen LogP contribution is -1.93. The van der Waals surface area contributed by atoms with Crippen LogP contribution < -0.4 is 4.74 Å². The fourth-order valence-electron chi connectivity index (χ4n) is 0.945. The number of carbonyl (C=O) groups excluding carboxylic acids is 1. The molecule has 1 aromatic rings. The van der Waals surface area contributed by atoms with Crippen LogP contribution in [0.2, 0.25) is 0 Å². The molecule has 0 atom stereocenters. The number of carbonyl (C=O) groups is 1. The Labute approximate surface area is 88.0 Å². The van der Waals surface area contributed by atoms with Gasteiger partial charge in [-0.05, 0) is 24.3 Å². The standard InChI is InChI=1S/C11H12O2S/c1-3-8-14-11(12)9-4-6-10(13-2)7-5-9/h3-7H,1,8H2,2H3. The molecule has 1 rings (SSSR count). The van der Waals surface area contributed by atoms with E-state index >= 15 is 0 Å². The van der Waals surface area contributed by atoms with Gasteiger partial charge in [0, 0.05) is 11.3 Å². The molecule has 0 radical (unpaired) electrons. The molecule has 74 valence electrons. The monoisotopic (exact) mass is 208 g/mol. The van der Waals surface area contributed by atoms with Crippen LogP contribution in [0.5, 0.6) is 5.75 Å². The van der Waals surface area contributed by atoms with Gasteiger partial charge in [0.05, 0.1) is 7.11 Å². The van der Waals surface area contributed by atoms with E-state index in [1.165, 1.54) is 11.8 Å². The summed E-state index contributed by atoms with van der Waals surface area (Å²) < 4.78 is 5.00. The van der Waals surface area contributed by atoms with Crippen LogP contribution >= 0.6 is 11.8 Å². The average Bonchev–Trinajstić information content (AvgIpc) is 2.26. The molecule has 0 saturated carbocycles. The molecule has 2 nitrogen and oxygen atoms in total. The van der Waals surface area contributed by atoms with E-state index in [-0.39, 0.29) is 5.12 Å². The van der Waals surface area contributed by atoms with Crippen molar-refractivity contribution in [1.82, 2.24) is 0 Å². The Bertz CT molecular complexity index is 317. The average molecular weight is 208 g/mol. The lowest BCUT2D eigenvalue weighted by atomic mass is 10.2. The molecule has 0 aromatic heterocycles. The molecule has 14 heavy (non-hydrogen) atoms. The third kappa shape index (κ3) is 2.92. The lowest BCUT2D eigenvalue weighted by molar-refractivity contribution is 0.108. The SMILES string of the molecule is C=CCSC(=O)c1ccc(OC)cc1. The molecule has 0 fully saturated rings. The Morgan fingerprint density at radius 2 is 2.14 bits per heavy atom. The zero-order valence-corrected chi connectivity index (χ0v) is 8.84. The molecular weight excluding hydrogens is 196 g/mol. The summed E-state index contributed by atoms with van der Waals surface area (Å²) >= 11 is 1.25. The predicted octanol–water partition coefficient (Wildman–Crippen LogP) is 2.75. The minimum atomic E-state index is 0.0625. The molecule has 1 aromatic carbocycles. The number of rotatable bonds is 4. The largest absolute Gasteiger partial charge is 0.497 e. The second-order valence-electron chi connectivity index (χ2n) is 2.62. The Morgan fingerprint density at radius 3 is 2.64 bits per heavy atom. The first kappa shape index (κ1) is 10.9. The van der Waals surface area contributed by atoms with Crippen LogP contribution in [0.15, 0.2) is 36.9 Å². The quantitative estimate of drug-likeness (QED) is 0.712. The van der Waals surface area contributed by atoms with Crippen molar-refractivity contribution in [2.45, 2.75) is 0 Å². The minimum absolute atomic E-state index is 0.0625. The van der Waals surface area contributed by atoms with Crippen LogP contribution in [0.4, 0.5) is 0 Å². The van der Waals surface area contributed by atoms with Gasteiger partial charge in [-0.1, -0.05) is 17.8 Å². The van der Waals surface area contributed by atoms with E-state index in [0.29, 0.717) is 11.3 Å². The first-order valence-electron chi connectivity index (χ1n) is 4.20. The van der Waals surface area contributed by atoms with Crippen molar-refractivity contribution in [2.75, 3.05) is 12.9 Å². The van der Waals surface area contributed by atoms with E-state index < -0.39 is 0 Å². The number of hydrogen-bond donors (Lipinski definition) is 0. The number of thioether (sulfide) groups is 1. The predicted molar refractivity (Wildman–Crippen MR) is 60.0 cm³/mol. The fourth-order valence-corrected chi connectivity index (χ4v) is 1.52. The first-order valence-corrected chi connectivity index (χ1v) is 5.18. The maximum atomic E-state index is 11.5. The van der Waals surface area contributed by atoms with Gasteiger partial charge >= 0.3 is 0 Å².